The number of ether oxygens (including phenoxy) is 1. The van der Waals surface area contributed by atoms with Crippen molar-refractivity contribution >= 4 is 11.6 Å². The maximum absolute atomic E-state index is 14.9. The first-order valence-corrected chi connectivity index (χ1v) is 10.3. The van der Waals surface area contributed by atoms with Crippen LogP contribution in [0.1, 0.15) is 11.5 Å². The van der Waals surface area contributed by atoms with E-state index >= 15 is 0 Å². The Bertz CT molecular complexity index is 1010. The number of H-pyrrole nitrogens is 1. The van der Waals surface area contributed by atoms with Crippen molar-refractivity contribution in [3.8, 4) is 16.9 Å². The lowest BCUT2D eigenvalue weighted by Gasteiger charge is -2.20. The Morgan fingerprint density at radius 2 is 2.10 bits per heavy atom. The van der Waals surface area contributed by atoms with Gasteiger partial charge in [-0.2, -0.15) is 5.10 Å². The van der Waals surface area contributed by atoms with Gasteiger partial charge in [-0.15, -0.1) is 0 Å². The van der Waals surface area contributed by atoms with E-state index in [1.165, 1.54) is 6.07 Å². The lowest BCUT2D eigenvalue weighted by atomic mass is 9.88. The van der Waals surface area contributed by atoms with E-state index in [-0.39, 0.29) is 17.7 Å². The maximum Gasteiger partial charge on any atom is 0.229 e. The average molecular weight is 423 g/mol. The van der Waals surface area contributed by atoms with Crippen LogP contribution < -0.4 is 20.7 Å². The zero-order valence-corrected chi connectivity index (χ0v) is 17.3. The zero-order valence-electron chi connectivity index (χ0n) is 17.3. The van der Waals surface area contributed by atoms with Crippen molar-refractivity contribution in [1.82, 2.24) is 20.8 Å². The molecule has 2 heterocycles. The largest absolute Gasteiger partial charge is 0.490 e. The Morgan fingerprint density at radius 3 is 2.84 bits per heavy atom. The number of aromatic amines is 1. The van der Waals surface area contributed by atoms with E-state index in [4.69, 9.17) is 4.74 Å². The number of amides is 1. The Morgan fingerprint density at radius 1 is 1.26 bits per heavy atom. The molecule has 0 unspecified atom stereocenters. The van der Waals surface area contributed by atoms with Crippen molar-refractivity contribution < 1.29 is 13.9 Å². The molecule has 2 aromatic carbocycles. The Hall–Kier alpha value is -3.23. The van der Waals surface area contributed by atoms with Gasteiger partial charge in [-0.1, -0.05) is 30.3 Å². The second-order valence-corrected chi connectivity index (χ2v) is 7.54. The fourth-order valence-electron chi connectivity index (χ4n) is 3.88. The second-order valence-electron chi connectivity index (χ2n) is 7.54. The van der Waals surface area contributed by atoms with Gasteiger partial charge >= 0.3 is 0 Å². The van der Waals surface area contributed by atoms with Gasteiger partial charge in [-0.25, -0.2) is 4.39 Å². The molecule has 7 nitrogen and oxygen atoms in total. The molecule has 3 aromatic rings. The number of hydrogen-bond donors (Lipinski definition) is 4. The van der Waals surface area contributed by atoms with Gasteiger partial charge in [-0.05, 0) is 18.7 Å². The van der Waals surface area contributed by atoms with Gasteiger partial charge in [0.05, 0.1) is 17.8 Å². The highest BCUT2D eigenvalue weighted by molar-refractivity contribution is 5.95. The number of halogens is 1. The molecular formula is C23H26FN5O2. The monoisotopic (exact) mass is 423 g/mol. The molecule has 1 fully saturated rings. The van der Waals surface area contributed by atoms with Crippen molar-refractivity contribution in [1.29, 1.82) is 0 Å². The number of benzene rings is 2. The van der Waals surface area contributed by atoms with Gasteiger partial charge in [0.1, 0.15) is 18.2 Å². The molecule has 1 amide bonds. The van der Waals surface area contributed by atoms with Crippen molar-refractivity contribution in [3.05, 3.63) is 66.2 Å². The summed E-state index contributed by atoms with van der Waals surface area (Å²) in [6.07, 6.45) is 3.16. The molecule has 1 saturated heterocycles. The van der Waals surface area contributed by atoms with Gasteiger partial charge in [0.15, 0.2) is 0 Å². The summed E-state index contributed by atoms with van der Waals surface area (Å²) in [5.41, 5.74) is 2.40. The minimum absolute atomic E-state index is 0.0601. The predicted octanol–water partition coefficient (Wildman–Crippen LogP) is 2.76. The number of likely N-dealkylation sites (N-methyl/N-ethyl adjacent to an activating group) is 1. The van der Waals surface area contributed by atoms with E-state index in [2.05, 4.69) is 26.1 Å². The molecule has 1 aliphatic heterocycles. The topological polar surface area (TPSA) is 91.1 Å². The standard InChI is InChI=1S/C23H26FN5O2/c1-25-7-8-31-22-9-17(16-11-27-28-12-16)20(24)10-21(22)29-23(30)19-14-26-13-18(19)15-5-3-2-4-6-15/h2-6,9-12,18-19,25-26H,7-8,13-14H2,1H3,(H,27,28)(H,29,30)/t18-,19+/m0/s1. The summed E-state index contributed by atoms with van der Waals surface area (Å²) in [4.78, 5) is 13.1. The first-order chi connectivity index (χ1) is 15.2. The smallest absolute Gasteiger partial charge is 0.229 e. The van der Waals surface area contributed by atoms with Crippen molar-refractivity contribution in [3.63, 3.8) is 0 Å². The highest BCUT2D eigenvalue weighted by Crippen LogP contribution is 2.35. The molecule has 0 bridgehead atoms. The maximum atomic E-state index is 14.9. The minimum Gasteiger partial charge on any atom is -0.490 e. The van der Waals surface area contributed by atoms with Crippen molar-refractivity contribution in [2.75, 3.05) is 38.6 Å². The fourth-order valence-corrected chi connectivity index (χ4v) is 3.88. The van der Waals surface area contributed by atoms with E-state index in [1.54, 1.807) is 18.5 Å². The number of carbonyl (C=O) groups excluding carboxylic acids is 1. The molecule has 8 heteroatoms. The van der Waals surface area contributed by atoms with Crippen LogP contribution in [0.3, 0.4) is 0 Å². The third-order valence-corrected chi connectivity index (χ3v) is 5.52. The summed E-state index contributed by atoms with van der Waals surface area (Å²) < 4.78 is 20.7. The van der Waals surface area contributed by atoms with E-state index in [0.29, 0.717) is 42.3 Å². The molecular weight excluding hydrogens is 397 g/mol. The van der Waals surface area contributed by atoms with Gasteiger partial charge in [0, 0.05) is 48.9 Å². The first-order valence-electron chi connectivity index (χ1n) is 10.3. The van der Waals surface area contributed by atoms with Crippen LogP contribution >= 0.6 is 0 Å². The van der Waals surface area contributed by atoms with Crippen LogP contribution in [0.4, 0.5) is 10.1 Å². The zero-order chi connectivity index (χ0) is 21.6. The molecule has 0 aliphatic carbocycles. The van der Waals surface area contributed by atoms with Crippen LogP contribution in [0.15, 0.2) is 54.9 Å². The fraction of sp³-hybridized carbons (Fsp3) is 0.304. The van der Waals surface area contributed by atoms with Gasteiger partial charge < -0.3 is 20.7 Å². The Kier molecular flexibility index (Phi) is 6.59. The van der Waals surface area contributed by atoms with Crippen LogP contribution in [0.5, 0.6) is 5.75 Å². The summed E-state index contributed by atoms with van der Waals surface area (Å²) in [6.45, 7) is 2.29. The average Bonchev–Trinajstić information content (AvgIpc) is 3.48. The number of anilines is 1. The first kappa shape index (κ1) is 21.0. The summed E-state index contributed by atoms with van der Waals surface area (Å²) in [5.74, 6) is -0.396. The van der Waals surface area contributed by atoms with E-state index in [1.807, 2.05) is 37.4 Å². The summed E-state index contributed by atoms with van der Waals surface area (Å²) in [6, 6.07) is 12.9. The Labute approximate surface area is 180 Å². The third kappa shape index (κ3) is 4.76. The number of hydrogen-bond acceptors (Lipinski definition) is 5. The number of rotatable bonds is 8. The number of carbonyl (C=O) groups is 1. The van der Waals surface area contributed by atoms with Crippen LogP contribution in [0.25, 0.3) is 11.1 Å². The van der Waals surface area contributed by atoms with E-state index in [9.17, 15) is 9.18 Å². The van der Waals surface area contributed by atoms with E-state index < -0.39 is 5.82 Å². The quantitative estimate of drug-likeness (QED) is 0.418. The lowest BCUT2D eigenvalue weighted by molar-refractivity contribution is -0.119. The highest BCUT2D eigenvalue weighted by Gasteiger charge is 2.34. The minimum atomic E-state index is -0.457. The molecule has 1 aromatic heterocycles. The third-order valence-electron chi connectivity index (χ3n) is 5.52. The molecule has 0 saturated carbocycles. The van der Waals surface area contributed by atoms with Gasteiger partial charge in [-0.3, -0.25) is 9.89 Å². The van der Waals surface area contributed by atoms with Crippen molar-refractivity contribution in [2.24, 2.45) is 5.92 Å². The molecule has 4 rings (SSSR count). The summed E-state index contributed by atoms with van der Waals surface area (Å²) in [5, 5.41) is 15.8. The molecule has 0 radical (unpaired) electrons. The summed E-state index contributed by atoms with van der Waals surface area (Å²) in [7, 11) is 1.82. The normalized spacial score (nSPS) is 18.1. The number of aromatic nitrogens is 2. The van der Waals surface area contributed by atoms with Crippen LogP contribution in [-0.4, -0.2) is 49.4 Å². The second kappa shape index (κ2) is 9.72. The molecule has 162 valence electrons. The number of nitrogens with zero attached hydrogens (tertiary/aromatic N) is 1. The van der Waals surface area contributed by atoms with Gasteiger partial charge in [0.25, 0.3) is 0 Å². The molecule has 31 heavy (non-hydrogen) atoms. The van der Waals surface area contributed by atoms with Crippen LogP contribution in [-0.2, 0) is 4.79 Å². The van der Waals surface area contributed by atoms with Crippen LogP contribution in [0, 0.1) is 11.7 Å². The molecule has 0 spiro atoms. The summed E-state index contributed by atoms with van der Waals surface area (Å²) >= 11 is 0. The lowest BCUT2D eigenvalue weighted by Crippen LogP contribution is -2.28. The highest BCUT2D eigenvalue weighted by atomic mass is 19.1. The van der Waals surface area contributed by atoms with Crippen molar-refractivity contribution in [2.45, 2.75) is 5.92 Å². The Balaban J connectivity index is 1.59. The van der Waals surface area contributed by atoms with E-state index in [0.717, 1.165) is 12.1 Å². The molecule has 4 N–H and O–H groups in total. The molecule has 1 aliphatic rings. The predicted molar refractivity (Wildman–Crippen MR) is 118 cm³/mol. The van der Waals surface area contributed by atoms with Crippen LogP contribution in [0.2, 0.25) is 0 Å². The SMILES string of the molecule is CNCCOc1cc(-c2cn[nH]c2)c(F)cc1NC(=O)[C@@H]1CNC[C@H]1c1ccccc1. The van der Waals surface area contributed by atoms with Gasteiger partial charge in [0.2, 0.25) is 5.91 Å². The molecule has 2 atom stereocenters. The number of nitrogens with one attached hydrogen (secondary N) is 4.